The van der Waals surface area contributed by atoms with Crippen LogP contribution < -0.4 is 0 Å². The summed E-state index contributed by atoms with van der Waals surface area (Å²) in [5.74, 6) is 0.412. The summed E-state index contributed by atoms with van der Waals surface area (Å²) in [4.78, 5) is 37.9. The van der Waals surface area contributed by atoms with Gasteiger partial charge >= 0.3 is 5.97 Å². The van der Waals surface area contributed by atoms with Gasteiger partial charge in [0.15, 0.2) is 0 Å². The number of amides is 2. The second-order valence-electron chi connectivity index (χ2n) is 6.53. The summed E-state index contributed by atoms with van der Waals surface area (Å²) in [5, 5.41) is -0.258. The smallest absolute Gasteiger partial charge is 0.337 e. The van der Waals surface area contributed by atoms with Crippen molar-refractivity contribution in [2.24, 2.45) is 0 Å². The summed E-state index contributed by atoms with van der Waals surface area (Å²) >= 11 is 0.923. The van der Waals surface area contributed by atoms with Crippen molar-refractivity contribution < 1.29 is 23.5 Å². The number of methoxy groups -OCH3 is 1. The molecule has 0 aliphatic carbocycles. The van der Waals surface area contributed by atoms with Gasteiger partial charge in [0.2, 0.25) is 0 Å². The van der Waals surface area contributed by atoms with E-state index in [9.17, 15) is 14.4 Å². The summed E-state index contributed by atoms with van der Waals surface area (Å²) in [6.07, 6.45) is 2.30. The van der Waals surface area contributed by atoms with Crippen LogP contribution in [0.4, 0.5) is 4.79 Å². The van der Waals surface area contributed by atoms with Gasteiger partial charge in [-0.25, -0.2) is 4.79 Å². The van der Waals surface area contributed by atoms with E-state index in [4.69, 9.17) is 9.15 Å². The summed E-state index contributed by atoms with van der Waals surface area (Å²) < 4.78 is 10.6. The molecule has 0 radical (unpaired) electrons. The Hall–Kier alpha value is -2.80. The van der Waals surface area contributed by atoms with Crippen molar-refractivity contribution >= 4 is 35.0 Å². The zero-order chi connectivity index (χ0) is 20.4. The molecule has 2 amide bonds. The molecule has 1 atom stereocenters. The van der Waals surface area contributed by atoms with Gasteiger partial charge in [0, 0.05) is 17.7 Å². The first-order valence-corrected chi connectivity index (χ1v) is 9.73. The summed E-state index contributed by atoms with van der Waals surface area (Å²) in [5.41, 5.74) is 2.16. The monoisotopic (exact) mass is 399 g/mol. The van der Waals surface area contributed by atoms with Crippen LogP contribution >= 0.6 is 11.8 Å². The quantitative estimate of drug-likeness (QED) is 0.527. The molecule has 1 aromatic heterocycles. The van der Waals surface area contributed by atoms with Gasteiger partial charge in [0.25, 0.3) is 11.1 Å². The predicted molar refractivity (Wildman–Crippen MR) is 108 cm³/mol. The zero-order valence-electron chi connectivity index (χ0n) is 16.1. The third kappa shape index (κ3) is 3.75. The third-order valence-electron chi connectivity index (χ3n) is 4.67. The first-order chi connectivity index (χ1) is 13.3. The summed E-state index contributed by atoms with van der Waals surface area (Å²) in [7, 11) is 1.34. The molecule has 7 heteroatoms. The van der Waals surface area contributed by atoms with E-state index in [2.05, 4.69) is 0 Å². The van der Waals surface area contributed by atoms with Crippen molar-refractivity contribution in [1.29, 1.82) is 0 Å². The number of benzene rings is 1. The third-order valence-corrected chi connectivity index (χ3v) is 5.55. The van der Waals surface area contributed by atoms with Gasteiger partial charge in [0.05, 0.1) is 17.6 Å². The second kappa shape index (κ2) is 8.06. The number of thioether (sulfide) groups is 1. The van der Waals surface area contributed by atoms with Crippen LogP contribution in [-0.2, 0) is 9.53 Å². The second-order valence-corrected chi connectivity index (χ2v) is 7.53. The zero-order valence-corrected chi connectivity index (χ0v) is 17.0. The van der Waals surface area contributed by atoms with E-state index in [-0.39, 0.29) is 17.2 Å². The molecule has 6 nitrogen and oxygen atoms in total. The predicted octanol–water partition coefficient (Wildman–Crippen LogP) is 4.88. The maximum absolute atomic E-state index is 12.5. The lowest BCUT2D eigenvalue weighted by molar-refractivity contribution is -0.124. The molecule has 0 saturated carbocycles. The molecular formula is C21H21NO5S. The molecule has 0 bridgehead atoms. The van der Waals surface area contributed by atoms with Crippen molar-refractivity contribution in [3.63, 3.8) is 0 Å². The Kier molecular flexibility index (Phi) is 5.74. The van der Waals surface area contributed by atoms with Gasteiger partial charge in [-0.05, 0) is 61.9 Å². The Labute approximate surface area is 167 Å². The molecular weight excluding hydrogens is 378 g/mol. The molecule has 146 valence electrons. The van der Waals surface area contributed by atoms with Gasteiger partial charge in [0.1, 0.15) is 11.5 Å². The Morgan fingerprint density at radius 3 is 2.68 bits per heavy atom. The van der Waals surface area contributed by atoms with Gasteiger partial charge in [-0.3, -0.25) is 14.5 Å². The molecule has 1 aromatic carbocycles. The largest absolute Gasteiger partial charge is 0.465 e. The minimum absolute atomic E-state index is 0.137. The molecule has 2 aromatic rings. The van der Waals surface area contributed by atoms with E-state index in [0.29, 0.717) is 28.4 Å². The fourth-order valence-corrected chi connectivity index (χ4v) is 3.84. The minimum atomic E-state index is -0.396. The van der Waals surface area contributed by atoms with Crippen molar-refractivity contribution in [2.45, 2.75) is 33.2 Å². The molecule has 2 heterocycles. The highest BCUT2D eigenvalue weighted by molar-refractivity contribution is 8.18. The Balaban J connectivity index is 1.85. The Morgan fingerprint density at radius 1 is 1.29 bits per heavy atom. The number of aryl methyl sites for hydroxylation is 1. The van der Waals surface area contributed by atoms with Crippen LogP contribution in [0.1, 0.15) is 41.9 Å². The van der Waals surface area contributed by atoms with Gasteiger partial charge in [-0.2, -0.15) is 0 Å². The summed E-state index contributed by atoms with van der Waals surface area (Å²) in [6.45, 7) is 5.66. The van der Waals surface area contributed by atoms with Gasteiger partial charge < -0.3 is 9.15 Å². The van der Waals surface area contributed by atoms with Crippen molar-refractivity contribution in [3.8, 4) is 11.3 Å². The first kappa shape index (κ1) is 19.9. The Bertz CT molecular complexity index is 975. The maximum atomic E-state index is 12.5. The lowest BCUT2D eigenvalue weighted by atomic mass is 10.0. The number of carbonyl (C=O) groups excluding carboxylic acids is 3. The number of rotatable bonds is 5. The lowest BCUT2D eigenvalue weighted by Crippen LogP contribution is -2.36. The molecule has 0 spiro atoms. The first-order valence-electron chi connectivity index (χ1n) is 8.92. The Morgan fingerprint density at radius 2 is 2.04 bits per heavy atom. The standard InChI is InChI=1S/C21H21NO5S/c1-5-13(3)22-19(23)18(28-21(22)25)11-15-7-9-17(27-15)16-8-6-14(10-12(16)2)20(24)26-4/h6-11,13H,5H2,1-4H3/b18-11+. The van der Waals surface area contributed by atoms with Crippen molar-refractivity contribution in [2.75, 3.05) is 7.11 Å². The number of nitrogens with zero attached hydrogens (tertiary/aromatic N) is 1. The van der Waals surface area contributed by atoms with Crippen LogP contribution in [0, 0.1) is 6.92 Å². The van der Waals surface area contributed by atoms with Gasteiger partial charge in [-0.1, -0.05) is 13.0 Å². The summed E-state index contributed by atoms with van der Waals surface area (Å²) in [6, 6.07) is 8.61. The highest BCUT2D eigenvalue weighted by Gasteiger charge is 2.37. The average molecular weight is 399 g/mol. The lowest BCUT2D eigenvalue weighted by Gasteiger charge is -2.19. The number of imide groups is 1. The van der Waals surface area contributed by atoms with Crippen LogP contribution in [0.5, 0.6) is 0 Å². The molecule has 1 fully saturated rings. The minimum Gasteiger partial charge on any atom is -0.465 e. The van der Waals surface area contributed by atoms with Crippen LogP contribution in [-0.4, -0.2) is 35.2 Å². The van der Waals surface area contributed by atoms with Crippen molar-refractivity contribution in [1.82, 2.24) is 4.90 Å². The fourth-order valence-electron chi connectivity index (χ4n) is 2.93. The van der Waals surface area contributed by atoms with E-state index >= 15 is 0 Å². The van der Waals surface area contributed by atoms with E-state index in [1.165, 1.54) is 12.0 Å². The molecule has 1 aliphatic heterocycles. The maximum Gasteiger partial charge on any atom is 0.337 e. The molecule has 1 aliphatic rings. The van der Waals surface area contributed by atoms with E-state index in [0.717, 1.165) is 22.9 Å². The molecule has 1 unspecified atom stereocenters. The number of hydrogen-bond donors (Lipinski definition) is 0. The van der Waals surface area contributed by atoms with Gasteiger partial charge in [-0.15, -0.1) is 0 Å². The topological polar surface area (TPSA) is 76.8 Å². The number of hydrogen-bond acceptors (Lipinski definition) is 6. The average Bonchev–Trinajstić information content (AvgIpc) is 3.25. The fraction of sp³-hybridized carbons (Fsp3) is 0.286. The normalized spacial score (nSPS) is 16.7. The highest BCUT2D eigenvalue weighted by Crippen LogP contribution is 2.35. The number of furan rings is 1. The molecule has 28 heavy (non-hydrogen) atoms. The van der Waals surface area contributed by atoms with Crippen molar-refractivity contribution in [3.05, 3.63) is 52.1 Å². The van der Waals surface area contributed by atoms with E-state index < -0.39 is 5.97 Å². The van der Waals surface area contributed by atoms with Crippen LogP contribution in [0.3, 0.4) is 0 Å². The van der Waals surface area contributed by atoms with E-state index in [1.54, 1.807) is 36.4 Å². The van der Waals surface area contributed by atoms with Crippen LogP contribution in [0.2, 0.25) is 0 Å². The number of carbonyl (C=O) groups is 3. The van der Waals surface area contributed by atoms with Crippen LogP contribution in [0.15, 0.2) is 39.7 Å². The molecule has 0 N–H and O–H groups in total. The van der Waals surface area contributed by atoms with Crippen LogP contribution in [0.25, 0.3) is 17.4 Å². The molecule has 1 saturated heterocycles. The number of esters is 1. The highest BCUT2D eigenvalue weighted by atomic mass is 32.2. The number of ether oxygens (including phenoxy) is 1. The molecule has 3 rings (SSSR count). The van der Waals surface area contributed by atoms with E-state index in [1.807, 2.05) is 20.8 Å². The SMILES string of the molecule is CCC(C)N1C(=O)S/C(=C/c2ccc(-c3ccc(C(=O)OC)cc3C)o2)C1=O.